The minimum atomic E-state index is -0.891. The van der Waals surface area contributed by atoms with Crippen molar-refractivity contribution in [3.8, 4) is 0 Å². The van der Waals surface area contributed by atoms with E-state index in [0.717, 1.165) is 6.42 Å². The van der Waals surface area contributed by atoms with E-state index in [2.05, 4.69) is 25.3 Å². The highest BCUT2D eigenvalue weighted by Crippen LogP contribution is 2.16. The van der Waals surface area contributed by atoms with Crippen molar-refractivity contribution in [1.29, 1.82) is 0 Å². The van der Waals surface area contributed by atoms with E-state index in [-0.39, 0.29) is 16.9 Å². The molecule has 72 valence electrons. The van der Waals surface area contributed by atoms with E-state index >= 15 is 0 Å². The summed E-state index contributed by atoms with van der Waals surface area (Å²) in [5.41, 5.74) is 5.59. The molecule has 0 radical (unpaired) electrons. The van der Waals surface area contributed by atoms with Crippen LogP contribution in [0, 0.1) is 0 Å². The van der Waals surface area contributed by atoms with Crippen molar-refractivity contribution in [2.45, 2.75) is 36.3 Å². The van der Waals surface area contributed by atoms with Gasteiger partial charge in [-0.25, -0.2) is 0 Å². The number of rotatable bonds is 5. The van der Waals surface area contributed by atoms with Crippen LogP contribution in [0.25, 0.3) is 0 Å². The first-order valence-corrected chi connectivity index (χ1v) is 4.85. The van der Waals surface area contributed by atoms with E-state index in [1.165, 1.54) is 0 Å². The molecule has 0 aromatic heterocycles. The van der Waals surface area contributed by atoms with Crippen LogP contribution in [0.3, 0.4) is 0 Å². The lowest BCUT2D eigenvalue weighted by atomic mass is 10.1. The molecule has 12 heavy (non-hydrogen) atoms. The van der Waals surface area contributed by atoms with Gasteiger partial charge in [0.2, 0.25) is 0 Å². The van der Waals surface area contributed by atoms with Crippen LogP contribution in [0.15, 0.2) is 0 Å². The van der Waals surface area contributed by atoms with Crippen LogP contribution in [-0.2, 0) is 4.79 Å². The van der Waals surface area contributed by atoms with Gasteiger partial charge < -0.3 is 10.8 Å². The van der Waals surface area contributed by atoms with Crippen LogP contribution in [0.5, 0.6) is 0 Å². The number of hydrogen-bond acceptors (Lipinski definition) is 4. The predicted octanol–water partition coefficient (Wildman–Crippen LogP) is 0.795. The van der Waals surface area contributed by atoms with Crippen LogP contribution in [0.2, 0.25) is 0 Å². The number of aliphatic carboxylic acids is 1. The van der Waals surface area contributed by atoms with E-state index in [9.17, 15) is 4.79 Å². The third kappa shape index (κ3) is 4.23. The van der Waals surface area contributed by atoms with Crippen LogP contribution in [-0.4, -0.2) is 27.6 Å². The first kappa shape index (κ1) is 12.1. The van der Waals surface area contributed by atoms with Crippen molar-refractivity contribution in [1.82, 2.24) is 0 Å². The standard InChI is InChI=1S/C7H15NO2S2/c1-2-5(11)7(12)4(8)3-6(9)10/h4-5,7,11-12H,2-3,8H2,1H3,(H,9,10)/t4-,5-,7-/m1/s1. The minimum absolute atomic E-state index is 0.0504. The zero-order valence-electron chi connectivity index (χ0n) is 6.97. The monoisotopic (exact) mass is 209 g/mol. The molecule has 0 aromatic rings. The molecule has 0 amide bonds. The molecule has 0 bridgehead atoms. The fourth-order valence-electron chi connectivity index (χ4n) is 0.849. The third-order valence-electron chi connectivity index (χ3n) is 1.66. The first-order chi connectivity index (χ1) is 5.49. The summed E-state index contributed by atoms with van der Waals surface area (Å²) in [6.07, 6.45) is 0.788. The van der Waals surface area contributed by atoms with Crippen molar-refractivity contribution < 1.29 is 9.90 Å². The van der Waals surface area contributed by atoms with Crippen molar-refractivity contribution in [2.75, 3.05) is 0 Å². The molecule has 0 saturated heterocycles. The quantitative estimate of drug-likeness (QED) is 0.506. The molecule has 0 heterocycles. The Kier molecular flexibility index (Phi) is 5.78. The van der Waals surface area contributed by atoms with Crippen LogP contribution < -0.4 is 5.73 Å². The highest BCUT2D eigenvalue weighted by molar-refractivity contribution is 7.85. The molecule has 0 spiro atoms. The molecule has 0 aliphatic heterocycles. The van der Waals surface area contributed by atoms with Gasteiger partial charge in [-0.05, 0) is 6.42 Å². The molecule has 0 aliphatic rings. The van der Waals surface area contributed by atoms with Crippen LogP contribution in [0.1, 0.15) is 19.8 Å². The fraction of sp³-hybridized carbons (Fsp3) is 0.857. The Balaban J connectivity index is 3.91. The van der Waals surface area contributed by atoms with Crippen molar-refractivity contribution in [3.05, 3.63) is 0 Å². The number of thiol groups is 2. The average molecular weight is 209 g/mol. The Hall–Kier alpha value is 0.130. The molecule has 0 fully saturated rings. The number of hydrogen-bond donors (Lipinski definition) is 4. The lowest BCUT2D eigenvalue weighted by Gasteiger charge is -2.22. The zero-order valence-corrected chi connectivity index (χ0v) is 8.76. The summed E-state index contributed by atoms with van der Waals surface area (Å²) in [6, 6.07) is -0.423. The van der Waals surface area contributed by atoms with Crippen molar-refractivity contribution >= 4 is 31.2 Å². The summed E-state index contributed by atoms with van der Waals surface area (Å²) >= 11 is 8.45. The van der Waals surface area contributed by atoms with Gasteiger partial charge in [-0.3, -0.25) is 4.79 Å². The molecule has 0 saturated carbocycles. The zero-order chi connectivity index (χ0) is 9.72. The first-order valence-electron chi connectivity index (χ1n) is 3.82. The molecule has 0 aliphatic carbocycles. The highest BCUT2D eigenvalue weighted by atomic mass is 32.1. The number of carbonyl (C=O) groups is 1. The van der Waals surface area contributed by atoms with Crippen LogP contribution >= 0.6 is 25.3 Å². The lowest BCUT2D eigenvalue weighted by molar-refractivity contribution is -0.137. The topological polar surface area (TPSA) is 63.3 Å². The summed E-state index contributed by atoms with van der Waals surface area (Å²) in [7, 11) is 0. The Labute approximate surface area is 83.5 Å². The van der Waals surface area contributed by atoms with Gasteiger partial charge in [-0.1, -0.05) is 6.92 Å². The Morgan fingerprint density at radius 1 is 1.58 bits per heavy atom. The Morgan fingerprint density at radius 3 is 2.42 bits per heavy atom. The summed E-state index contributed by atoms with van der Waals surface area (Å²) < 4.78 is 0. The van der Waals surface area contributed by atoms with Crippen molar-refractivity contribution in [3.63, 3.8) is 0 Å². The average Bonchev–Trinajstić information content (AvgIpc) is 2.00. The maximum Gasteiger partial charge on any atom is 0.304 e. The predicted molar refractivity (Wildman–Crippen MR) is 56.1 cm³/mol. The van der Waals surface area contributed by atoms with E-state index in [1.807, 2.05) is 6.92 Å². The molecular weight excluding hydrogens is 194 g/mol. The molecule has 3 N–H and O–H groups in total. The van der Waals surface area contributed by atoms with Crippen LogP contribution in [0.4, 0.5) is 0 Å². The molecule has 5 heteroatoms. The maximum atomic E-state index is 10.3. The van der Waals surface area contributed by atoms with Gasteiger partial charge in [0.1, 0.15) is 0 Å². The SMILES string of the molecule is CC[C@@H](S)[C@H](S)[C@H](N)CC(=O)O. The van der Waals surface area contributed by atoms with Gasteiger partial charge in [0.05, 0.1) is 6.42 Å². The largest absolute Gasteiger partial charge is 0.481 e. The second-order valence-corrected chi connectivity index (χ2v) is 3.99. The molecular formula is C7H15NO2S2. The van der Waals surface area contributed by atoms with E-state index in [1.54, 1.807) is 0 Å². The van der Waals surface area contributed by atoms with Gasteiger partial charge in [-0.2, -0.15) is 25.3 Å². The van der Waals surface area contributed by atoms with Gasteiger partial charge in [0, 0.05) is 16.5 Å². The molecule has 0 rings (SSSR count). The summed E-state index contributed by atoms with van der Waals surface area (Å²) in [6.45, 7) is 1.97. The normalized spacial score (nSPS) is 18.3. The smallest absolute Gasteiger partial charge is 0.304 e. The lowest BCUT2D eigenvalue weighted by Crippen LogP contribution is -2.38. The highest BCUT2D eigenvalue weighted by Gasteiger charge is 2.21. The number of carboxylic acids is 1. The van der Waals surface area contributed by atoms with E-state index in [0.29, 0.717) is 0 Å². The van der Waals surface area contributed by atoms with E-state index < -0.39 is 12.0 Å². The number of nitrogens with two attached hydrogens (primary N) is 1. The summed E-state index contributed by atoms with van der Waals surface area (Å²) in [4.78, 5) is 10.3. The van der Waals surface area contributed by atoms with Gasteiger partial charge in [0.15, 0.2) is 0 Å². The molecule has 0 aromatic carbocycles. The third-order valence-corrected chi connectivity index (χ3v) is 3.33. The van der Waals surface area contributed by atoms with Gasteiger partial charge >= 0.3 is 5.97 Å². The van der Waals surface area contributed by atoms with Crippen molar-refractivity contribution in [2.24, 2.45) is 5.73 Å². The minimum Gasteiger partial charge on any atom is -0.481 e. The van der Waals surface area contributed by atoms with Gasteiger partial charge in [-0.15, -0.1) is 0 Å². The van der Waals surface area contributed by atoms with E-state index in [4.69, 9.17) is 10.8 Å². The number of carboxylic acid groups (broad SMARTS) is 1. The molecule has 3 atom stereocenters. The Bertz CT molecular complexity index is 154. The van der Waals surface area contributed by atoms with Gasteiger partial charge in [0.25, 0.3) is 0 Å². The maximum absolute atomic E-state index is 10.3. The fourth-order valence-corrected chi connectivity index (χ4v) is 1.39. The second kappa shape index (κ2) is 5.72. The second-order valence-electron chi connectivity index (χ2n) is 2.73. The molecule has 3 nitrogen and oxygen atoms in total. The summed E-state index contributed by atoms with van der Waals surface area (Å²) in [5.74, 6) is -0.891. The summed E-state index contributed by atoms with van der Waals surface area (Å²) in [5, 5.41) is 8.35. The molecule has 0 unspecified atom stereocenters. The Morgan fingerprint density at radius 2 is 2.08 bits per heavy atom.